The smallest absolute Gasteiger partial charge is 0.269 e. The van der Waals surface area contributed by atoms with Crippen molar-refractivity contribution in [2.45, 2.75) is 20.2 Å². The fourth-order valence-electron chi connectivity index (χ4n) is 4.86. The first-order valence-electron chi connectivity index (χ1n) is 13.2. The van der Waals surface area contributed by atoms with Crippen LogP contribution in [-0.4, -0.2) is 53.9 Å². The van der Waals surface area contributed by atoms with Gasteiger partial charge < -0.3 is 29.5 Å². The monoisotopic (exact) mass is 590 g/mol. The first-order chi connectivity index (χ1) is 20.7. The van der Waals surface area contributed by atoms with Crippen molar-refractivity contribution in [1.82, 2.24) is 9.88 Å². The van der Waals surface area contributed by atoms with E-state index in [1.54, 1.807) is 25.1 Å². The Morgan fingerprint density at radius 2 is 1.67 bits per heavy atom. The summed E-state index contributed by atoms with van der Waals surface area (Å²) in [5.74, 6) is -1.79. The molecule has 0 aliphatic carbocycles. The van der Waals surface area contributed by atoms with Crippen LogP contribution in [0.25, 0.3) is 10.9 Å². The van der Waals surface area contributed by atoms with Crippen LogP contribution < -0.4 is 24.4 Å². The third-order valence-electron chi connectivity index (χ3n) is 7.02. The van der Waals surface area contributed by atoms with E-state index < -0.39 is 29.8 Å². The number of aromatic nitrogens is 1. The van der Waals surface area contributed by atoms with Gasteiger partial charge in [-0.05, 0) is 62.4 Å². The van der Waals surface area contributed by atoms with E-state index in [-0.39, 0.29) is 34.9 Å². The summed E-state index contributed by atoms with van der Waals surface area (Å²) in [7, 11) is 3.00. The van der Waals surface area contributed by atoms with E-state index in [1.165, 1.54) is 56.5 Å². The molecule has 0 radical (unpaired) electrons. The fourth-order valence-corrected chi connectivity index (χ4v) is 4.86. The molecule has 0 saturated heterocycles. The number of pyridine rings is 1. The Bertz CT molecular complexity index is 1740. The number of ether oxygens (including phenoxy) is 3. The quantitative estimate of drug-likeness (QED) is 0.270. The highest BCUT2D eigenvalue weighted by atomic mass is 19.1. The average molecular weight is 591 g/mol. The third-order valence-corrected chi connectivity index (χ3v) is 7.02. The molecule has 2 amide bonds. The Morgan fingerprint density at radius 1 is 0.977 bits per heavy atom. The molecule has 12 heteroatoms. The number of allylic oxidation sites excluding steroid dienone is 1. The first kappa shape index (κ1) is 29.3. The second kappa shape index (κ2) is 11.9. The predicted molar refractivity (Wildman–Crippen MR) is 155 cm³/mol. The number of nitrogens with zero attached hydrogens (tertiary/aromatic N) is 3. The summed E-state index contributed by atoms with van der Waals surface area (Å²) in [6.45, 7) is 3.54. The van der Waals surface area contributed by atoms with E-state index in [2.05, 4.69) is 10.3 Å². The summed E-state index contributed by atoms with van der Waals surface area (Å²) in [5, 5.41) is 14.0. The lowest BCUT2D eigenvalue weighted by atomic mass is 10.1. The van der Waals surface area contributed by atoms with Gasteiger partial charge in [0.05, 0.1) is 19.7 Å². The molecular formula is C31H28F2N4O6. The normalized spacial score (nSPS) is 15.1. The van der Waals surface area contributed by atoms with Crippen LogP contribution in [0.5, 0.6) is 23.0 Å². The molecule has 1 aliphatic rings. The zero-order valence-electron chi connectivity index (χ0n) is 23.7. The predicted octanol–water partition coefficient (Wildman–Crippen LogP) is 5.18. The first-order valence-corrected chi connectivity index (χ1v) is 13.2. The standard InChI is InChI=1S/C31H28F2N4O6/c1-5-36-17(2)28(30(39)37(31(36)40)20-9-6-18(32)7-10-20)29(38)35-19-8-11-25(22(33)14-19)43-24-12-13-34-23-16-27(42-4)26(41-3)15-21(23)24/h6-16,31,40H,5H2,1-4H3,(H,35,38). The minimum absolute atomic E-state index is 0.0662. The maximum atomic E-state index is 15.2. The number of benzene rings is 3. The SMILES string of the molecule is CCN1C(C)=C(C(=O)Nc2ccc(Oc3ccnc4cc(OC)c(OC)cc34)c(F)c2)C(=O)N(c2ccc(F)cc2)C1O. The van der Waals surface area contributed by atoms with Gasteiger partial charge >= 0.3 is 0 Å². The van der Waals surface area contributed by atoms with Crippen molar-refractivity contribution in [3.8, 4) is 23.0 Å². The molecule has 10 nitrogen and oxygen atoms in total. The molecule has 43 heavy (non-hydrogen) atoms. The highest BCUT2D eigenvalue weighted by molar-refractivity contribution is 6.28. The van der Waals surface area contributed by atoms with Crippen molar-refractivity contribution in [2.24, 2.45) is 0 Å². The van der Waals surface area contributed by atoms with Gasteiger partial charge in [-0.1, -0.05) is 0 Å². The Kier molecular flexibility index (Phi) is 8.13. The summed E-state index contributed by atoms with van der Waals surface area (Å²) in [5.41, 5.74) is 0.776. The highest BCUT2D eigenvalue weighted by Crippen LogP contribution is 2.38. The van der Waals surface area contributed by atoms with Crippen molar-refractivity contribution >= 4 is 34.1 Å². The molecule has 1 atom stereocenters. The van der Waals surface area contributed by atoms with Gasteiger partial charge in [-0.2, -0.15) is 0 Å². The number of amides is 2. The van der Waals surface area contributed by atoms with Crippen LogP contribution in [0.3, 0.4) is 0 Å². The van der Waals surface area contributed by atoms with Gasteiger partial charge in [-0.25, -0.2) is 8.78 Å². The number of carbonyl (C=O) groups excluding carboxylic acids is 2. The molecule has 1 aliphatic heterocycles. The number of halogens is 2. The topological polar surface area (TPSA) is 113 Å². The van der Waals surface area contributed by atoms with Gasteiger partial charge in [0.25, 0.3) is 11.8 Å². The molecule has 1 aromatic heterocycles. The minimum atomic E-state index is -1.42. The largest absolute Gasteiger partial charge is 0.493 e. The zero-order valence-corrected chi connectivity index (χ0v) is 23.7. The van der Waals surface area contributed by atoms with Crippen LogP contribution in [0.1, 0.15) is 13.8 Å². The zero-order chi connectivity index (χ0) is 30.8. The summed E-state index contributed by atoms with van der Waals surface area (Å²) < 4.78 is 45.3. The molecule has 2 heterocycles. The van der Waals surface area contributed by atoms with Crippen LogP contribution in [0, 0.1) is 11.6 Å². The van der Waals surface area contributed by atoms with Crippen LogP contribution >= 0.6 is 0 Å². The number of rotatable bonds is 8. The number of methoxy groups -OCH3 is 2. The molecule has 5 rings (SSSR count). The summed E-state index contributed by atoms with van der Waals surface area (Å²) in [6.07, 6.45) is 0.0951. The summed E-state index contributed by atoms with van der Waals surface area (Å²) >= 11 is 0. The number of aliphatic hydroxyl groups excluding tert-OH is 1. The number of hydrogen-bond donors (Lipinski definition) is 2. The maximum Gasteiger partial charge on any atom is 0.269 e. The number of aliphatic hydroxyl groups is 1. The summed E-state index contributed by atoms with van der Waals surface area (Å²) in [4.78, 5) is 33.6. The third kappa shape index (κ3) is 5.52. The molecule has 0 saturated carbocycles. The molecule has 1 unspecified atom stereocenters. The Labute approximate surface area is 245 Å². The van der Waals surface area contributed by atoms with Crippen molar-refractivity contribution < 1.29 is 37.7 Å². The molecule has 0 spiro atoms. The second-order valence-electron chi connectivity index (χ2n) is 9.48. The van der Waals surface area contributed by atoms with Crippen LogP contribution in [0.4, 0.5) is 20.2 Å². The van der Waals surface area contributed by atoms with E-state index in [0.29, 0.717) is 28.2 Å². The van der Waals surface area contributed by atoms with E-state index >= 15 is 4.39 Å². The number of nitrogens with one attached hydrogen (secondary N) is 1. The van der Waals surface area contributed by atoms with Crippen LogP contribution in [-0.2, 0) is 9.59 Å². The van der Waals surface area contributed by atoms with E-state index in [0.717, 1.165) is 23.1 Å². The maximum absolute atomic E-state index is 15.2. The van der Waals surface area contributed by atoms with Gasteiger partial charge in [0.1, 0.15) is 17.1 Å². The van der Waals surface area contributed by atoms with Gasteiger partial charge in [0.15, 0.2) is 23.1 Å². The average Bonchev–Trinajstić information content (AvgIpc) is 2.99. The molecule has 3 aromatic carbocycles. The molecule has 4 aromatic rings. The lowest BCUT2D eigenvalue weighted by molar-refractivity contribution is -0.124. The van der Waals surface area contributed by atoms with Crippen LogP contribution in [0.2, 0.25) is 0 Å². The number of fused-ring (bicyclic) bond motifs is 1. The minimum Gasteiger partial charge on any atom is -0.493 e. The van der Waals surface area contributed by atoms with E-state index in [4.69, 9.17) is 14.2 Å². The second-order valence-corrected chi connectivity index (χ2v) is 9.48. The van der Waals surface area contributed by atoms with Gasteiger partial charge in [-0.15, -0.1) is 0 Å². The van der Waals surface area contributed by atoms with Crippen molar-refractivity contribution in [1.29, 1.82) is 0 Å². The van der Waals surface area contributed by atoms with Gasteiger partial charge in [0.2, 0.25) is 6.35 Å². The molecule has 222 valence electrons. The van der Waals surface area contributed by atoms with Crippen LogP contribution in [0.15, 0.2) is 78.1 Å². The molecular weight excluding hydrogens is 562 g/mol. The lowest BCUT2D eigenvalue weighted by Crippen LogP contribution is -2.56. The Hall–Kier alpha value is -5.23. The van der Waals surface area contributed by atoms with Crippen molar-refractivity contribution in [3.05, 3.63) is 89.8 Å². The number of anilines is 2. The fraction of sp³-hybridized carbons (Fsp3) is 0.194. The molecule has 0 bridgehead atoms. The number of carbonyl (C=O) groups is 2. The van der Waals surface area contributed by atoms with Crippen molar-refractivity contribution in [3.63, 3.8) is 0 Å². The highest BCUT2D eigenvalue weighted by Gasteiger charge is 2.40. The Balaban J connectivity index is 1.40. The number of hydrogen-bond acceptors (Lipinski definition) is 8. The van der Waals surface area contributed by atoms with Gasteiger partial charge in [-0.3, -0.25) is 19.5 Å². The van der Waals surface area contributed by atoms with E-state index in [1.807, 2.05) is 0 Å². The molecule has 2 N–H and O–H groups in total. The van der Waals surface area contributed by atoms with E-state index in [9.17, 15) is 19.1 Å². The van der Waals surface area contributed by atoms with Crippen molar-refractivity contribution in [2.75, 3.05) is 31.0 Å². The summed E-state index contributed by atoms with van der Waals surface area (Å²) in [6, 6.07) is 13.7. The van der Waals surface area contributed by atoms with Gasteiger partial charge in [0, 0.05) is 47.3 Å². The lowest BCUT2D eigenvalue weighted by Gasteiger charge is -2.42. The Morgan fingerprint density at radius 3 is 2.33 bits per heavy atom. The molecule has 0 fully saturated rings.